The van der Waals surface area contributed by atoms with Crippen LogP contribution < -0.4 is 10.7 Å². The number of nitrogens with zero attached hydrogens (tertiary/aromatic N) is 1. The van der Waals surface area contributed by atoms with E-state index in [4.69, 9.17) is 17.0 Å². The van der Waals surface area contributed by atoms with Gasteiger partial charge in [0.05, 0.1) is 10.6 Å². The summed E-state index contributed by atoms with van der Waals surface area (Å²) in [5.41, 5.74) is 4.30. The van der Waals surface area contributed by atoms with Crippen molar-refractivity contribution in [2.24, 2.45) is 5.10 Å². The quantitative estimate of drug-likeness (QED) is 0.319. The van der Waals surface area contributed by atoms with Gasteiger partial charge in [0.25, 0.3) is 0 Å². The minimum absolute atomic E-state index is 0.286. The predicted molar refractivity (Wildman–Crippen MR) is 96.6 cm³/mol. The lowest BCUT2D eigenvalue weighted by molar-refractivity contribution is 0.145. The number of hydrogen-bond donors (Lipinski definition) is 2. The number of benzene rings is 1. The van der Waals surface area contributed by atoms with E-state index in [2.05, 4.69) is 15.8 Å². The maximum Gasteiger partial charge on any atom is 0.186 e. The molecule has 8 heteroatoms. The van der Waals surface area contributed by atoms with Gasteiger partial charge in [-0.05, 0) is 50.2 Å². The Kier molecular flexibility index (Phi) is 8.15. The Morgan fingerprint density at radius 1 is 1.30 bits per heavy atom. The molecule has 0 unspecified atom stereocenters. The zero-order chi connectivity index (χ0) is 17.3. The molecule has 0 saturated heterocycles. The van der Waals surface area contributed by atoms with Gasteiger partial charge in [-0.1, -0.05) is 12.1 Å². The van der Waals surface area contributed by atoms with Gasteiger partial charge >= 0.3 is 0 Å². The minimum atomic E-state index is -3.18. The Morgan fingerprint density at radius 2 is 1.96 bits per heavy atom. The molecule has 0 aliphatic heterocycles. The molecule has 1 aromatic rings. The Hall–Kier alpha value is -1.51. The standard InChI is InChI=1S/C15H23N3O3S2/c1-4-21-11-5-10-16-15(22)18-17-12(2)13-6-8-14(9-7-13)23(3,19)20/h6-9H,4-5,10-11H2,1-3H3,(H2,16,18,22)/b17-12-. The molecule has 0 aromatic heterocycles. The van der Waals surface area contributed by atoms with E-state index >= 15 is 0 Å². The van der Waals surface area contributed by atoms with Gasteiger partial charge < -0.3 is 10.1 Å². The van der Waals surface area contributed by atoms with Crippen molar-refractivity contribution in [3.05, 3.63) is 29.8 Å². The first-order valence-corrected chi connectivity index (χ1v) is 9.61. The van der Waals surface area contributed by atoms with Crippen molar-refractivity contribution < 1.29 is 13.2 Å². The van der Waals surface area contributed by atoms with Crippen LogP contribution in [-0.2, 0) is 14.6 Å². The van der Waals surface area contributed by atoms with E-state index in [1.54, 1.807) is 24.3 Å². The van der Waals surface area contributed by atoms with Gasteiger partial charge in [0, 0.05) is 26.0 Å². The fraction of sp³-hybridized carbons (Fsp3) is 0.467. The first kappa shape index (κ1) is 19.5. The summed E-state index contributed by atoms with van der Waals surface area (Å²) >= 11 is 5.12. The molecular weight excluding hydrogens is 334 g/mol. The number of sulfone groups is 1. The third-order valence-electron chi connectivity index (χ3n) is 2.98. The largest absolute Gasteiger partial charge is 0.382 e. The molecule has 0 aliphatic carbocycles. The number of thiocarbonyl (C=S) groups is 1. The summed E-state index contributed by atoms with van der Waals surface area (Å²) in [6.45, 7) is 5.90. The number of ether oxygens (including phenoxy) is 1. The summed E-state index contributed by atoms with van der Waals surface area (Å²) in [6, 6.07) is 6.56. The first-order valence-electron chi connectivity index (χ1n) is 7.31. The van der Waals surface area contributed by atoms with E-state index in [1.807, 2.05) is 13.8 Å². The lowest BCUT2D eigenvalue weighted by Gasteiger charge is -2.08. The molecule has 1 aromatic carbocycles. The summed E-state index contributed by atoms with van der Waals surface area (Å²) in [6.07, 6.45) is 2.05. The third-order valence-corrected chi connectivity index (χ3v) is 4.34. The van der Waals surface area contributed by atoms with Crippen molar-refractivity contribution in [1.82, 2.24) is 10.7 Å². The zero-order valence-corrected chi connectivity index (χ0v) is 15.3. The van der Waals surface area contributed by atoms with Crippen LogP contribution in [0, 0.1) is 0 Å². The highest BCUT2D eigenvalue weighted by Crippen LogP contribution is 2.10. The zero-order valence-electron chi connectivity index (χ0n) is 13.6. The average molecular weight is 358 g/mol. The van der Waals surface area contributed by atoms with E-state index in [0.29, 0.717) is 30.6 Å². The van der Waals surface area contributed by atoms with Crippen LogP contribution in [0.3, 0.4) is 0 Å². The first-order chi connectivity index (χ1) is 10.8. The van der Waals surface area contributed by atoms with E-state index in [0.717, 1.165) is 12.0 Å². The molecule has 0 fully saturated rings. The van der Waals surface area contributed by atoms with Gasteiger partial charge in [0.15, 0.2) is 14.9 Å². The number of hydrogen-bond acceptors (Lipinski definition) is 5. The van der Waals surface area contributed by atoms with Crippen molar-refractivity contribution in [2.45, 2.75) is 25.2 Å². The lowest BCUT2D eigenvalue weighted by atomic mass is 10.1. The molecule has 0 amide bonds. The van der Waals surface area contributed by atoms with E-state index in [-0.39, 0.29) is 4.90 Å². The van der Waals surface area contributed by atoms with Crippen LogP contribution in [0.15, 0.2) is 34.3 Å². The van der Waals surface area contributed by atoms with Crippen molar-refractivity contribution in [2.75, 3.05) is 26.0 Å². The molecule has 0 saturated carbocycles. The van der Waals surface area contributed by atoms with Gasteiger partial charge in [-0.3, -0.25) is 5.43 Å². The normalized spacial score (nSPS) is 12.0. The Bertz CT molecular complexity index is 640. The van der Waals surface area contributed by atoms with E-state index in [9.17, 15) is 8.42 Å². The van der Waals surface area contributed by atoms with Crippen molar-refractivity contribution in [3.8, 4) is 0 Å². The van der Waals surface area contributed by atoms with Crippen LogP contribution in [0.2, 0.25) is 0 Å². The Labute approximate surface area is 143 Å². The average Bonchev–Trinajstić information content (AvgIpc) is 2.51. The van der Waals surface area contributed by atoms with Crippen LogP contribution in [-0.4, -0.2) is 45.3 Å². The maximum atomic E-state index is 11.4. The number of rotatable bonds is 8. The highest BCUT2D eigenvalue weighted by molar-refractivity contribution is 7.90. The van der Waals surface area contributed by atoms with Crippen molar-refractivity contribution >= 4 is 32.9 Å². The van der Waals surface area contributed by atoms with Crippen LogP contribution >= 0.6 is 12.2 Å². The molecule has 0 atom stereocenters. The summed E-state index contributed by atoms with van der Waals surface area (Å²) in [7, 11) is -3.18. The summed E-state index contributed by atoms with van der Waals surface area (Å²) in [5.74, 6) is 0. The SMILES string of the molecule is CCOCCCNC(=S)N/N=C(/C)c1ccc(S(C)(=O)=O)cc1. The lowest BCUT2D eigenvalue weighted by Crippen LogP contribution is -2.33. The van der Waals surface area contributed by atoms with E-state index < -0.39 is 9.84 Å². The van der Waals surface area contributed by atoms with Gasteiger partial charge in [-0.15, -0.1) is 0 Å². The van der Waals surface area contributed by atoms with Crippen molar-refractivity contribution in [1.29, 1.82) is 0 Å². The summed E-state index contributed by atoms with van der Waals surface area (Å²) < 4.78 is 28.1. The molecule has 0 radical (unpaired) electrons. The maximum absolute atomic E-state index is 11.4. The molecule has 0 bridgehead atoms. The number of nitrogens with one attached hydrogen (secondary N) is 2. The highest BCUT2D eigenvalue weighted by Gasteiger charge is 2.07. The van der Waals surface area contributed by atoms with E-state index in [1.165, 1.54) is 6.26 Å². The van der Waals surface area contributed by atoms with Gasteiger partial charge in [-0.2, -0.15) is 5.10 Å². The van der Waals surface area contributed by atoms with Crippen LogP contribution in [0.4, 0.5) is 0 Å². The Morgan fingerprint density at radius 3 is 2.52 bits per heavy atom. The van der Waals surface area contributed by atoms with Crippen LogP contribution in [0.25, 0.3) is 0 Å². The smallest absolute Gasteiger partial charge is 0.186 e. The minimum Gasteiger partial charge on any atom is -0.382 e. The molecule has 0 aliphatic rings. The van der Waals surface area contributed by atoms with Gasteiger partial charge in [0.1, 0.15) is 0 Å². The summed E-state index contributed by atoms with van der Waals surface area (Å²) in [4.78, 5) is 0.286. The molecule has 1 rings (SSSR count). The van der Waals surface area contributed by atoms with Crippen LogP contribution in [0.1, 0.15) is 25.8 Å². The van der Waals surface area contributed by atoms with Gasteiger partial charge in [-0.25, -0.2) is 8.42 Å². The second kappa shape index (κ2) is 9.59. The van der Waals surface area contributed by atoms with Crippen LogP contribution in [0.5, 0.6) is 0 Å². The second-order valence-corrected chi connectivity index (χ2v) is 7.34. The third kappa shape index (κ3) is 7.54. The number of hydrazone groups is 1. The fourth-order valence-corrected chi connectivity index (χ4v) is 2.48. The molecular formula is C15H23N3O3S2. The van der Waals surface area contributed by atoms with Gasteiger partial charge in [0.2, 0.25) is 0 Å². The fourth-order valence-electron chi connectivity index (χ4n) is 1.70. The molecule has 0 heterocycles. The summed E-state index contributed by atoms with van der Waals surface area (Å²) in [5, 5.41) is 7.65. The topological polar surface area (TPSA) is 79.8 Å². The predicted octanol–water partition coefficient (Wildman–Crippen LogP) is 1.70. The molecule has 128 valence electrons. The highest BCUT2D eigenvalue weighted by atomic mass is 32.2. The monoisotopic (exact) mass is 357 g/mol. The Balaban J connectivity index is 2.49. The molecule has 0 spiro atoms. The second-order valence-electron chi connectivity index (χ2n) is 4.91. The molecule has 23 heavy (non-hydrogen) atoms. The molecule has 2 N–H and O–H groups in total. The van der Waals surface area contributed by atoms with Crippen molar-refractivity contribution in [3.63, 3.8) is 0 Å². The molecule has 6 nitrogen and oxygen atoms in total.